The lowest BCUT2D eigenvalue weighted by Crippen LogP contribution is -2.31. The highest BCUT2D eigenvalue weighted by atomic mass is 19.1. The van der Waals surface area contributed by atoms with Gasteiger partial charge in [0.15, 0.2) is 0 Å². The quantitative estimate of drug-likeness (QED) is 0.738. The van der Waals surface area contributed by atoms with Crippen LogP contribution >= 0.6 is 0 Å². The van der Waals surface area contributed by atoms with E-state index in [-0.39, 0.29) is 18.0 Å². The standard InChI is InChI=1S/C15H24FNO2/c1-4-14(17)15(19-10-9-18-11(2)3)12-7-5-6-8-13(12)16/h5-8,11,14-15H,4,9-10,17H2,1-3H3. The number of benzene rings is 1. The van der Waals surface area contributed by atoms with Crippen LogP contribution in [0.2, 0.25) is 0 Å². The monoisotopic (exact) mass is 269 g/mol. The molecule has 0 fully saturated rings. The van der Waals surface area contributed by atoms with E-state index in [4.69, 9.17) is 15.2 Å². The van der Waals surface area contributed by atoms with Gasteiger partial charge in [0.05, 0.1) is 19.3 Å². The SMILES string of the molecule is CCC(N)C(OCCOC(C)C)c1ccccc1F. The van der Waals surface area contributed by atoms with Gasteiger partial charge >= 0.3 is 0 Å². The van der Waals surface area contributed by atoms with E-state index in [1.165, 1.54) is 6.07 Å². The number of hydrogen-bond donors (Lipinski definition) is 1. The van der Waals surface area contributed by atoms with Crippen molar-refractivity contribution in [1.29, 1.82) is 0 Å². The van der Waals surface area contributed by atoms with Crippen LogP contribution in [0, 0.1) is 5.82 Å². The number of halogens is 1. The van der Waals surface area contributed by atoms with Gasteiger partial charge in [-0.3, -0.25) is 0 Å². The van der Waals surface area contributed by atoms with Crippen LogP contribution in [0.3, 0.4) is 0 Å². The second kappa shape index (κ2) is 8.25. The molecule has 2 atom stereocenters. The second-order valence-corrected chi connectivity index (χ2v) is 4.80. The topological polar surface area (TPSA) is 44.5 Å². The molecule has 0 aliphatic carbocycles. The molecule has 1 rings (SSSR count). The first-order valence-electron chi connectivity index (χ1n) is 6.79. The largest absolute Gasteiger partial charge is 0.376 e. The van der Waals surface area contributed by atoms with E-state index in [9.17, 15) is 4.39 Å². The molecule has 0 radical (unpaired) electrons. The van der Waals surface area contributed by atoms with Gasteiger partial charge in [0, 0.05) is 11.6 Å². The third-order valence-electron chi connectivity index (χ3n) is 2.90. The molecule has 0 saturated carbocycles. The zero-order chi connectivity index (χ0) is 14.3. The predicted molar refractivity (Wildman–Crippen MR) is 74.4 cm³/mol. The summed E-state index contributed by atoms with van der Waals surface area (Å²) in [5.74, 6) is -0.277. The second-order valence-electron chi connectivity index (χ2n) is 4.80. The van der Waals surface area contributed by atoms with E-state index in [0.29, 0.717) is 18.8 Å². The minimum Gasteiger partial charge on any atom is -0.376 e. The molecule has 0 heterocycles. The summed E-state index contributed by atoms with van der Waals surface area (Å²) < 4.78 is 24.9. The molecule has 0 aliphatic rings. The Balaban J connectivity index is 2.65. The van der Waals surface area contributed by atoms with Gasteiger partial charge in [-0.1, -0.05) is 25.1 Å². The zero-order valence-corrected chi connectivity index (χ0v) is 11.9. The molecule has 0 bridgehead atoms. The van der Waals surface area contributed by atoms with E-state index in [1.54, 1.807) is 18.2 Å². The summed E-state index contributed by atoms with van der Waals surface area (Å²) in [5.41, 5.74) is 6.54. The van der Waals surface area contributed by atoms with Crippen LogP contribution < -0.4 is 5.73 Å². The van der Waals surface area contributed by atoms with Gasteiger partial charge in [0.1, 0.15) is 11.9 Å². The van der Waals surface area contributed by atoms with Crippen LogP contribution in [-0.2, 0) is 9.47 Å². The maximum atomic E-state index is 13.8. The van der Waals surface area contributed by atoms with Crippen molar-refractivity contribution in [2.75, 3.05) is 13.2 Å². The Hall–Kier alpha value is -0.970. The summed E-state index contributed by atoms with van der Waals surface area (Å²) in [4.78, 5) is 0. The number of hydrogen-bond acceptors (Lipinski definition) is 3. The molecule has 1 aromatic carbocycles. The van der Waals surface area contributed by atoms with Crippen LogP contribution in [0.25, 0.3) is 0 Å². The summed E-state index contributed by atoms with van der Waals surface area (Å²) in [6.45, 7) is 6.79. The number of nitrogens with two attached hydrogens (primary N) is 1. The molecular weight excluding hydrogens is 245 g/mol. The minimum absolute atomic E-state index is 0.162. The maximum Gasteiger partial charge on any atom is 0.129 e. The Kier molecular flexibility index (Phi) is 6.99. The van der Waals surface area contributed by atoms with Crippen molar-refractivity contribution in [2.45, 2.75) is 45.4 Å². The van der Waals surface area contributed by atoms with Crippen molar-refractivity contribution in [3.8, 4) is 0 Å². The fraction of sp³-hybridized carbons (Fsp3) is 0.600. The Bertz CT molecular complexity index is 371. The molecule has 4 heteroatoms. The van der Waals surface area contributed by atoms with Crippen molar-refractivity contribution in [3.63, 3.8) is 0 Å². The summed E-state index contributed by atoms with van der Waals surface area (Å²) in [5, 5.41) is 0. The van der Waals surface area contributed by atoms with Gasteiger partial charge in [-0.25, -0.2) is 4.39 Å². The van der Waals surface area contributed by atoms with Gasteiger partial charge in [0.25, 0.3) is 0 Å². The molecular formula is C15H24FNO2. The fourth-order valence-corrected chi connectivity index (χ4v) is 1.82. The molecule has 0 saturated heterocycles. The van der Waals surface area contributed by atoms with Gasteiger partial charge in [-0.05, 0) is 26.3 Å². The van der Waals surface area contributed by atoms with Crippen LogP contribution in [-0.4, -0.2) is 25.4 Å². The van der Waals surface area contributed by atoms with Crippen LogP contribution in [0.1, 0.15) is 38.9 Å². The van der Waals surface area contributed by atoms with Crippen molar-refractivity contribution in [2.24, 2.45) is 5.73 Å². The molecule has 0 spiro atoms. The lowest BCUT2D eigenvalue weighted by atomic mass is 10.0. The molecule has 19 heavy (non-hydrogen) atoms. The average Bonchev–Trinajstić information content (AvgIpc) is 2.39. The average molecular weight is 269 g/mol. The summed E-state index contributed by atoms with van der Waals surface area (Å²) in [6, 6.07) is 6.38. The first-order valence-corrected chi connectivity index (χ1v) is 6.79. The summed E-state index contributed by atoms with van der Waals surface area (Å²) in [6.07, 6.45) is 0.460. The smallest absolute Gasteiger partial charge is 0.129 e. The Labute approximate surface area is 114 Å². The first kappa shape index (κ1) is 16.1. The van der Waals surface area contributed by atoms with Crippen molar-refractivity contribution in [3.05, 3.63) is 35.6 Å². The van der Waals surface area contributed by atoms with Crippen molar-refractivity contribution >= 4 is 0 Å². The van der Waals surface area contributed by atoms with Gasteiger partial charge in [-0.15, -0.1) is 0 Å². The molecule has 3 nitrogen and oxygen atoms in total. The maximum absolute atomic E-state index is 13.8. The molecule has 1 aromatic rings. The molecule has 2 N–H and O–H groups in total. The first-order chi connectivity index (χ1) is 9.06. The summed E-state index contributed by atoms with van der Waals surface area (Å²) in [7, 11) is 0. The van der Waals surface area contributed by atoms with E-state index in [1.807, 2.05) is 20.8 Å². The van der Waals surface area contributed by atoms with E-state index in [2.05, 4.69) is 0 Å². The van der Waals surface area contributed by atoms with Crippen LogP contribution in [0.5, 0.6) is 0 Å². The highest BCUT2D eigenvalue weighted by Crippen LogP contribution is 2.24. The minimum atomic E-state index is -0.429. The highest BCUT2D eigenvalue weighted by molar-refractivity contribution is 5.21. The normalized spacial score (nSPS) is 14.6. The highest BCUT2D eigenvalue weighted by Gasteiger charge is 2.22. The van der Waals surface area contributed by atoms with Gasteiger partial charge in [-0.2, -0.15) is 0 Å². The van der Waals surface area contributed by atoms with Gasteiger partial charge in [0.2, 0.25) is 0 Å². The van der Waals surface area contributed by atoms with Crippen LogP contribution in [0.15, 0.2) is 24.3 Å². The predicted octanol–water partition coefficient (Wildman–Crippen LogP) is 3.05. The van der Waals surface area contributed by atoms with Gasteiger partial charge < -0.3 is 15.2 Å². The third-order valence-corrected chi connectivity index (χ3v) is 2.90. The van der Waals surface area contributed by atoms with E-state index < -0.39 is 6.10 Å². The van der Waals surface area contributed by atoms with E-state index in [0.717, 1.165) is 6.42 Å². The van der Waals surface area contributed by atoms with Crippen molar-refractivity contribution < 1.29 is 13.9 Å². The molecule has 0 aromatic heterocycles. The third kappa shape index (κ3) is 5.27. The van der Waals surface area contributed by atoms with E-state index >= 15 is 0 Å². The lowest BCUT2D eigenvalue weighted by Gasteiger charge is -2.24. The molecule has 108 valence electrons. The molecule has 2 unspecified atom stereocenters. The molecule has 0 amide bonds. The van der Waals surface area contributed by atoms with Crippen LogP contribution in [0.4, 0.5) is 4.39 Å². The Morgan fingerprint density at radius 3 is 2.37 bits per heavy atom. The molecule has 0 aliphatic heterocycles. The number of rotatable bonds is 8. The Morgan fingerprint density at radius 1 is 1.16 bits per heavy atom. The lowest BCUT2D eigenvalue weighted by molar-refractivity contribution is -0.0236. The fourth-order valence-electron chi connectivity index (χ4n) is 1.82. The summed E-state index contributed by atoms with van der Waals surface area (Å²) >= 11 is 0. The Morgan fingerprint density at radius 2 is 1.79 bits per heavy atom. The van der Waals surface area contributed by atoms with Crippen molar-refractivity contribution in [1.82, 2.24) is 0 Å². The zero-order valence-electron chi connectivity index (χ0n) is 11.9. The number of ether oxygens (including phenoxy) is 2.